The molecule has 2 aliphatic rings. The number of halogens is 3. The molecule has 11 heteroatoms. The molecule has 1 saturated heterocycles. The Bertz CT molecular complexity index is 1540. The third-order valence-corrected chi connectivity index (χ3v) is 8.14. The molecule has 1 aliphatic heterocycles. The first-order chi connectivity index (χ1) is 18.7. The summed E-state index contributed by atoms with van der Waals surface area (Å²) >= 11 is 0. The van der Waals surface area contributed by atoms with Gasteiger partial charge in [0.2, 0.25) is 0 Å². The molecule has 1 aromatic carbocycles. The van der Waals surface area contributed by atoms with E-state index in [4.69, 9.17) is 0 Å². The first-order valence-corrected chi connectivity index (χ1v) is 13.4. The van der Waals surface area contributed by atoms with Crippen molar-refractivity contribution >= 4 is 5.52 Å². The van der Waals surface area contributed by atoms with Gasteiger partial charge >= 0.3 is 11.9 Å². The van der Waals surface area contributed by atoms with E-state index >= 15 is 0 Å². The van der Waals surface area contributed by atoms with E-state index in [0.29, 0.717) is 30.6 Å². The van der Waals surface area contributed by atoms with Crippen LogP contribution in [0.15, 0.2) is 53.8 Å². The van der Waals surface area contributed by atoms with Crippen LogP contribution in [0.25, 0.3) is 11.2 Å². The highest BCUT2D eigenvalue weighted by atomic mass is 19.4. The van der Waals surface area contributed by atoms with Crippen molar-refractivity contribution in [2.24, 2.45) is 13.0 Å². The lowest BCUT2D eigenvalue weighted by Gasteiger charge is -2.37. The van der Waals surface area contributed by atoms with Crippen LogP contribution in [0.5, 0.6) is 0 Å². The highest BCUT2D eigenvalue weighted by molar-refractivity contribution is 5.58. The Hall–Kier alpha value is -3.44. The standard InChI is InChI=1S/C28H31F3N6O2/c1-34-17-32-33-26(34)25(20-12-22(38)13-20)19-6-5-7-21(11-19)36-16-24-23(28(29,30)31)10-18(15-37(24)27(36)39)14-35-8-3-2-4-9-35/h5-7,10-11,15-17,20,22,25,38H,2-4,8-9,12-14H2,1H3. The Balaban J connectivity index is 1.43. The molecule has 1 saturated carbocycles. The molecule has 4 aromatic rings. The summed E-state index contributed by atoms with van der Waals surface area (Å²) in [6, 6.07) is 8.44. The van der Waals surface area contributed by atoms with Crippen LogP contribution in [-0.4, -0.2) is 52.9 Å². The average Bonchev–Trinajstić information content (AvgIpc) is 3.46. The molecule has 3 aromatic heterocycles. The van der Waals surface area contributed by atoms with Crippen LogP contribution in [0.4, 0.5) is 13.2 Å². The van der Waals surface area contributed by atoms with E-state index < -0.39 is 17.4 Å². The van der Waals surface area contributed by atoms with Crippen LogP contribution < -0.4 is 5.69 Å². The first kappa shape index (κ1) is 25.8. The molecular formula is C28H31F3N6O2. The summed E-state index contributed by atoms with van der Waals surface area (Å²) < 4.78 is 46.8. The van der Waals surface area contributed by atoms with Gasteiger partial charge in [-0.3, -0.25) is 13.9 Å². The second-order valence-electron chi connectivity index (χ2n) is 10.9. The van der Waals surface area contributed by atoms with Gasteiger partial charge in [-0.05, 0) is 74.0 Å². The number of likely N-dealkylation sites (tertiary alicyclic amines) is 1. The van der Waals surface area contributed by atoms with Crippen LogP contribution in [0.1, 0.15) is 60.5 Å². The molecule has 1 atom stereocenters. The van der Waals surface area contributed by atoms with Crippen LogP contribution in [0.3, 0.4) is 0 Å². The molecule has 8 nitrogen and oxygen atoms in total. The van der Waals surface area contributed by atoms with Crippen LogP contribution in [-0.2, 0) is 19.8 Å². The molecule has 1 N–H and O–H groups in total. The number of benzene rings is 1. The van der Waals surface area contributed by atoms with Gasteiger partial charge in [-0.25, -0.2) is 4.79 Å². The van der Waals surface area contributed by atoms with Gasteiger partial charge in [0.25, 0.3) is 0 Å². The quantitative estimate of drug-likeness (QED) is 0.398. The zero-order chi connectivity index (χ0) is 27.3. The van der Waals surface area contributed by atoms with E-state index in [1.807, 2.05) is 23.7 Å². The summed E-state index contributed by atoms with van der Waals surface area (Å²) in [6.45, 7) is 2.05. The van der Waals surface area contributed by atoms with Gasteiger partial charge in [0.1, 0.15) is 12.2 Å². The number of imidazole rings is 1. The van der Waals surface area contributed by atoms with E-state index in [0.717, 1.165) is 48.1 Å². The normalized spacial score (nSPS) is 21.3. The Kier molecular flexibility index (Phi) is 6.58. The maximum absolute atomic E-state index is 14.2. The predicted octanol–water partition coefficient (Wildman–Crippen LogP) is 4.13. The number of aromatic nitrogens is 5. The SMILES string of the molecule is Cn1cnnc1C(c1cccc(-n2cc3c(C(F)(F)F)cc(CN4CCCCC4)cn3c2=O)c1)C1CC(O)C1. The number of aliphatic hydroxyl groups is 1. The van der Waals surface area contributed by atoms with Crippen molar-refractivity contribution in [1.29, 1.82) is 0 Å². The molecule has 2 fully saturated rings. The zero-order valence-corrected chi connectivity index (χ0v) is 21.7. The Morgan fingerprint density at radius 1 is 1.10 bits per heavy atom. The highest BCUT2D eigenvalue weighted by Gasteiger charge is 2.38. The maximum Gasteiger partial charge on any atom is 0.418 e. The fourth-order valence-corrected chi connectivity index (χ4v) is 6.10. The van der Waals surface area contributed by atoms with Gasteiger partial charge in [0, 0.05) is 31.9 Å². The number of nitrogens with zero attached hydrogens (tertiary/aromatic N) is 6. The van der Waals surface area contributed by atoms with E-state index in [-0.39, 0.29) is 23.5 Å². The van der Waals surface area contributed by atoms with Crippen molar-refractivity contribution in [2.45, 2.75) is 56.8 Å². The lowest BCUT2D eigenvalue weighted by atomic mass is 9.71. The van der Waals surface area contributed by atoms with Crippen molar-refractivity contribution in [3.05, 3.63) is 82.1 Å². The maximum atomic E-state index is 14.2. The van der Waals surface area contributed by atoms with Gasteiger partial charge < -0.3 is 9.67 Å². The summed E-state index contributed by atoms with van der Waals surface area (Å²) in [5, 5.41) is 18.3. The highest BCUT2D eigenvalue weighted by Crippen LogP contribution is 2.43. The minimum Gasteiger partial charge on any atom is -0.393 e. The van der Waals surface area contributed by atoms with Gasteiger partial charge in [-0.2, -0.15) is 13.2 Å². The van der Waals surface area contributed by atoms with E-state index in [1.54, 1.807) is 24.7 Å². The van der Waals surface area contributed by atoms with Crippen molar-refractivity contribution in [3.63, 3.8) is 0 Å². The Morgan fingerprint density at radius 2 is 1.87 bits per heavy atom. The number of hydrogen-bond donors (Lipinski definition) is 1. The number of hydrogen-bond acceptors (Lipinski definition) is 5. The smallest absolute Gasteiger partial charge is 0.393 e. The van der Waals surface area contributed by atoms with Gasteiger partial charge in [0.05, 0.1) is 22.9 Å². The molecule has 0 bridgehead atoms. The third kappa shape index (κ3) is 4.89. The van der Waals surface area contributed by atoms with Crippen molar-refractivity contribution < 1.29 is 18.3 Å². The van der Waals surface area contributed by atoms with Crippen LogP contribution in [0.2, 0.25) is 0 Å². The number of piperidine rings is 1. The van der Waals surface area contributed by atoms with Crippen molar-refractivity contribution in [2.75, 3.05) is 13.1 Å². The fraction of sp³-hybridized carbons (Fsp3) is 0.464. The van der Waals surface area contributed by atoms with Crippen molar-refractivity contribution in [1.82, 2.24) is 28.6 Å². The number of alkyl halides is 3. The fourth-order valence-electron chi connectivity index (χ4n) is 6.10. The molecule has 0 amide bonds. The molecule has 39 heavy (non-hydrogen) atoms. The minimum atomic E-state index is -4.61. The van der Waals surface area contributed by atoms with E-state index in [1.165, 1.54) is 16.8 Å². The number of aryl methyl sites for hydroxylation is 1. The molecule has 1 unspecified atom stereocenters. The Labute approximate surface area is 223 Å². The summed E-state index contributed by atoms with van der Waals surface area (Å²) in [4.78, 5) is 15.7. The lowest BCUT2D eigenvalue weighted by Crippen LogP contribution is -2.34. The first-order valence-electron chi connectivity index (χ1n) is 13.4. The summed E-state index contributed by atoms with van der Waals surface area (Å²) in [5.41, 5.74) is 0.263. The molecule has 206 valence electrons. The Morgan fingerprint density at radius 3 is 2.54 bits per heavy atom. The molecule has 6 rings (SSSR count). The predicted molar refractivity (Wildman–Crippen MR) is 139 cm³/mol. The van der Waals surface area contributed by atoms with E-state index in [9.17, 15) is 23.1 Å². The number of rotatable bonds is 6. The molecular weight excluding hydrogens is 509 g/mol. The topological polar surface area (TPSA) is 80.6 Å². The number of pyridine rings is 1. The van der Waals surface area contributed by atoms with E-state index in [2.05, 4.69) is 15.1 Å². The molecule has 0 spiro atoms. The summed E-state index contributed by atoms with van der Waals surface area (Å²) in [5.74, 6) is 0.702. The second kappa shape index (κ2) is 9.95. The van der Waals surface area contributed by atoms with Crippen molar-refractivity contribution in [3.8, 4) is 5.69 Å². The zero-order valence-electron chi connectivity index (χ0n) is 21.7. The van der Waals surface area contributed by atoms with Gasteiger partial charge in [0.15, 0.2) is 0 Å². The monoisotopic (exact) mass is 540 g/mol. The minimum absolute atomic E-state index is 0.136. The summed E-state index contributed by atoms with van der Waals surface area (Å²) in [7, 11) is 1.85. The van der Waals surface area contributed by atoms with Crippen LogP contribution in [0, 0.1) is 5.92 Å². The largest absolute Gasteiger partial charge is 0.418 e. The summed E-state index contributed by atoms with van der Waals surface area (Å²) in [6.07, 6.45) is 3.87. The second-order valence-corrected chi connectivity index (χ2v) is 10.9. The van der Waals surface area contributed by atoms with Gasteiger partial charge in [-0.15, -0.1) is 10.2 Å². The molecule has 4 heterocycles. The lowest BCUT2D eigenvalue weighted by molar-refractivity contribution is -0.136. The van der Waals surface area contributed by atoms with Gasteiger partial charge in [-0.1, -0.05) is 18.6 Å². The average molecular weight is 541 g/mol. The third-order valence-electron chi connectivity index (χ3n) is 8.14. The number of aliphatic hydroxyl groups excluding tert-OH is 1. The molecule has 0 radical (unpaired) electrons. The van der Waals surface area contributed by atoms with Crippen LogP contribution >= 0.6 is 0 Å². The number of fused-ring (bicyclic) bond motifs is 1. The molecule has 1 aliphatic carbocycles.